The molecule has 0 aromatic carbocycles. The van der Waals surface area contributed by atoms with Crippen LogP contribution < -0.4 is 0 Å². The first-order valence-electron chi connectivity index (χ1n) is 13.2. The van der Waals surface area contributed by atoms with Crippen LogP contribution in [0.1, 0.15) is 89.0 Å². The minimum absolute atomic E-state index is 0.246. The number of aliphatic hydroxyl groups excluding tert-OH is 1. The molecule has 0 aliphatic carbocycles. The maximum Gasteiger partial charge on any atom is 0.337 e. The molecule has 0 fully saturated rings. The van der Waals surface area contributed by atoms with Crippen molar-refractivity contribution in [3.63, 3.8) is 0 Å². The lowest BCUT2D eigenvalue weighted by molar-refractivity contribution is -0.165. The van der Waals surface area contributed by atoms with E-state index in [1.54, 1.807) is 34.6 Å². The van der Waals surface area contributed by atoms with Gasteiger partial charge in [0.05, 0.1) is 18.6 Å². The Bertz CT molecular complexity index is 786. The minimum Gasteiger partial charge on any atom is -0.461 e. The number of carbonyl (C=O) groups is 3. The van der Waals surface area contributed by atoms with E-state index >= 15 is 0 Å². The molecule has 0 aliphatic heterocycles. The summed E-state index contributed by atoms with van der Waals surface area (Å²) in [4.78, 5) is 39.3. The number of Topliss-reactive ketones (excluding diaryl/α,β-unsaturated/α-hetero) is 1. The molecule has 0 saturated carbocycles. The van der Waals surface area contributed by atoms with Gasteiger partial charge in [0.25, 0.3) is 0 Å². The van der Waals surface area contributed by atoms with E-state index in [0.717, 1.165) is 0 Å². The third-order valence-electron chi connectivity index (χ3n) is 6.89. The van der Waals surface area contributed by atoms with E-state index in [2.05, 4.69) is 0 Å². The Kier molecular flexibility index (Phi) is 12.5. The molecule has 3 atom stereocenters. The molecule has 0 saturated heterocycles. The monoisotopic (exact) mass is 562 g/mol. The fraction of sp³-hybridized carbons (Fsp3) is 0.889. The highest BCUT2D eigenvalue weighted by Crippen LogP contribution is 2.41. The van der Waals surface area contributed by atoms with Crippen molar-refractivity contribution in [2.75, 3.05) is 0 Å². The SMILES string of the molecule is CC(C)OC(=O)[C@@H](O[Si](C)(C)C(C)(C)C)[C@H](O[Si](C)(C)C(C)(C)C)C(=O)C[C@@H](O)CC(=O)OC(C)(C)C. The summed E-state index contributed by atoms with van der Waals surface area (Å²) in [6.45, 7) is 28.9. The molecule has 0 aromatic rings. The smallest absolute Gasteiger partial charge is 0.337 e. The molecule has 0 unspecified atom stereocenters. The fourth-order valence-electron chi connectivity index (χ4n) is 2.81. The molecule has 10 heteroatoms. The predicted octanol–water partition coefficient (Wildman–Crippen LogP) is 5.77. The highest BCUT2D eigenvalue weighted by Gasteiger charge is 2.49. The summed E-state index contributed by atoms with van der Waals surface area (Å²) in [6, 6.07) is 0. The van der Waals surface area contributed by atoms with E-state index in [1.807, 2.05) is 67.7 Å². The van der Waals surface area contributed by atoms with Crippen LogP contribution in [-0.4, -0.2) is 69.5 Å². The predicted molar refractivity (Wildman–Crippen MR) is 151 cm³/mol. The molecule has 1 N–H and O–H groups in total. The number of aliphatic hydroxyl groups is 1. The molecule has 0 aromatic heterocycles. The molecule has 0 heterocycles. The lowest BCUT2D eigenvalue weighted by Gasteiger charge is -2.44. The second-order valence-electron chi connectivity index (χ2n) is 14.2. The Morgan fingerprint density at radius 1 is 0.730 bits per heavy atom. The van der Waals surface area contributed by atoms with Gasteiger partial charge in [-0.25, -0.2) is 4.79 Å². The van der Waals surface area contributed by atoms with Gasteiger partial charge in [0.15, 0.2) is 28.5 Å². The quantitative estimate of drug-likeness (QED) is 0.236. The molecule has 0 rings (SSSR count). The first-order valence-corrected chi connectivity index (χ1v) is 19.0. The van der Waals surface area contributed by atoms with Gasteiger partial charge >= 0.3 is 11.9 Å². The second-order valence-corrected chi connectivity index (χ2v) is 23.7. The molecule has 218 valence electrons. The van der Waals surface area contributed by atoms with Crippen molar-refractivity contribution in [1.29, 1.82) is 0 Å². The van der Waals surface area contributed by atoms with Gasteiger partial charge in [0, 0.05) is 6.42 Å². The Balaban J connectivity index is 6.38. The van der Waals surface area contributed by atoms with Crippen LogP contribution in [0.15, 0.2) is 0 Å². The van der Waals surface area contributed by atoms with Crippen LogP contribution in [0.5, 0.6) is 0 Å². The number of ketones is 1. The van der Waals surface area contributed by atoms with Crippen molar-refractivity contribution in [3.05, 3.63) is 0 Å². The van der Waals surface area contributed by atoms with Gasteiger partial charge in [-0.3, -0.25) is 9.59 Å². The number of ether oxygens (including phenoxy) is 2. The number of esters is 2. The Morgan fingerprint density at radius 2 is 1.14 bits per heavy atom. The lowest BCUT2D eigenvalue weighted by Crippen LogP contribution is -2.57. The van der Waals surface area contributed by atoms with Crippen LogP contribution in [0.25, 0.3) is 0 Å². The molecular weight excluding hydrogens is 508 g/mol. The molecule has 0 radical (unpaired) electrons. The number of carbonyl (C=O) groups excluding carboxylic acids is 3. The van der Waals surface area contributed by atoms with Crippen molar-refractivity contribution in [2.24, 2.45) is 0 Å². The van der Waals surface area contributed by atoms with Gasteiger partial charge in [-0.05, 0) is 70.9 Å². The molecule has 8 nitrogen and oxygen atoms in total. The first kappa shape index (κ1) is 35.9. The van der Waals surface area contributed by atoms with Crippen LogP contribution >= 0.6 is 0 Å². The van der Waals surface area contributed by atoms with E-state index in [1.165, 1.54) is 0 Å². The largest absolute Gasteiger partial charge is 0.461 e. The summed E-state index contributed by atoms with van der Waals surface area (Å²) in [5, 5.41) is 10.1. The average Bonchev–Trinajstić information content (AvgIpc) is 2.59. The summed E-state index contributed by atoms with van der Waals surface area (Å²) < 4.78 is 23.8. The minimum atomic E-state index is -2.58. The number of hydrogen-bond acceptors (Lipinski definition) is 8. The van der Waals surface area contributed by atoms with Gasteiger partial charge in [-0.15, -0.1) is 0 Å². The Hall–Kier alpha value is -1.08. The van der Waals surface area contributed by atoms with E-state index in [-0.39, 0.29) is 22.9 Å². The fourth-order valence-corrected chi connectivity index (χ4v) is 5.27. The number of hydrogen-bond donors (Lipinski definition) is 1. The second kappa shape index (κ2) is 12.9. The topological polar surface area (TPSA) is 108 Å². The summed E-state index contributed by atoms with van der Waals surface area (Å²) in [5.41, 5.74) is -0.711. The van der Waals surface area contributed by atoms with Gasteiger partial charge in [-0.2, -0.15) is 0 Å². The molecule has 0 aliphatic rings. The highest BCUT2D eigenvalue weighted by molar-refractivity contribution is 6.75. The van der Waals surface area contributed by atoms with Crippen molar-refractivity contribution in [3.8, 4) is 0 Å². The van der Waals surface area contributed by atoms with Crippen LogP contribution in [0.2, 0.25) is 36.3 Å². The molecule has 0 amide bonds. The van der Waals surface area contributed by atoms with E-state index in [4.69, 9.17) is 18.3 Å². The van der Waals surface area contributed by atoms with E-state index < -0.39 is 64.4 Å². The zero-order valence-electron chi connectivity index (χ0n) is 26.0. The summed E-state index contributed by atoms with van der Waals surface area (Å²) in [5.74, 6) is -1.79. The van der Waals surface area contributed by atoms with Crippen molar-refractivity contribution >= 4 is 34.4 Å². The van der Waals surface area contributed by atoms with Crippen molar-refractivity contribution < 1.29 is 37.8 Å². The van der Waals surface area contributed by atoms with Crippen molar-refractivity contribution in [2.45, 2.75) is 155 Å². The van der Waals surface area contributed by atoms with E-state index in [9.17, 15) is 19.5 Å². The van der Waals surface area contributed by atoms with Crippen LogP contribution in [0.3, 0.4) is 0 Å². The van der Waals surface area contributed by atoms with Crippen LogP contribution in [-0.2, 0) is 32.7 Å². The highest BCUT2D eigenvalue weighted by atomic mass is 28.4. The molecule has 0 spiro atoms. The van der Waals surface area contributed by atoms with Crippen molar-refractivity contribution in [1.82, 2.24) is 0 Å². The zero-order chi connectivity index (χ0) is 29.8. The van der Waals surface area contributed by atoms with Crippen LogP contribution in [0, 0.1) is 0 Å². The maximum absolute atomic E-state index is 13.7. The Morgan fingerprint density at radius 3 is 1.49 bits per heavy atom. The van der Waals surface area contributed by atoms with Gasteiger partial charge < -0.3 is 23.4 Å². The molecular formula is C27H54O8Si2. The average molecular weight is 563 g/mol. The first-order chi connectivity index (χ1) is 16.2. The summed E-state index contributed by atoms with van der Waals surface area (Å²) in [6.07, 6.45) is -5.01. The Labute approximate surface area is 227 Å². The third kappa shape index (κ3) is 12.1. The van der Waals surface area contributed by atoms with Gasteiger partial charge in [-0.1, -0.05) is 41.5 Å². The summed E-state index contributed by atoms with van der Waals surface area (Å²) in [7, 11) is -5.14. The molecule has 37 heavy (non-hydrogen) atoms. The lowest BCUT2D eigenvalue weighted by atomic mass is 10.0. The summed E-state index contributed by atoms with van der Waals surface area (Å²) >= 11 is 0. The van der Waals surface area contributed by atoms with Gasteiger partial charge in [0.2, 0.25) is 0 Å². The third-order valence-corrected chi connectivity index (χ3v) is 15.8. The maximum atomic E-state index is 13.7. The molecule has 0 bridgehead atoms. The number of rotatable bonds is 12. The normalized spacial score (nSPS) is 16.2. The van der Waals surface area contributed by atoms with E-state index in [0.29, 0.717) is 0 Å². The van der Waals surface area contributed by atoms with Gasteiger partial charge in [0.1, 0.15) is 11.7 Å². The standard InChI is InChI=1S/C27H54O8Si2/c1-18(2)32-24(31)23(35-37(14,15)27(9,10)11)22(34-36(12,13)26(6,7)8)20(29)16-19(28)17-21(30)33-25(3,4)5/h18-19,22-23,28H,16-17H2,1-15H3/t19-,22-,23+/m1/s1. The zero-order valence-corrected chi connectivity index (χ0v) is 28.0. The van der Waals surface area contributed by atoms with Crippen LogP contribution in [0.4, 0.5) is 0 Å².